The average molecular weight is 381 g/mol. The Morgan fingerprint density at radius 3 is 2.46 bits per heavy atom. The summed E-state index contributed by atoms with van der Waals surface area (Å²) in [5.74, 6) is -0.882. The Morgan fingerprint density at radius 2 is 1.71 bits per heavy atom. The predicted octanol–water partition coefficient (Wildman–Crippen LogP) is 2.57. The summed E-state index contributed by atoms with van der Waals surface area (Å²) in [6.45, 7) is 0.439. The number of fused-ring (bicyclic) bond motifs is 1. The number of benzene rings is 2. The van der Waals surface area contributed by atoms with E-state index in [1.54, 1.807) is 34.6 Å². The smallest absolute Gasteiger partial charge is 0.254 e. The highest BCUT2D eigenvalue weighted by Crippen LogP contribution is 2.29. The highest BCUT2D eigenvalue weighted by Gasteiger charge is 2.34. The van der Waals surface area contributed by atoms with Crippen molar-refractivity contribution in [2.45, 2.75) is 31.7 Å². The fraction of sp³-hybridized carbons (Fsp3) is 0.286. The van der Waals surface area contributed by atoms with Crippen molar-refractivity contribution in [1.29, 1.82) is 0 Å². The number of hydrogen-bond donors (Lipinski definition) is 3. The number of anilines is 1. The van der Waals surface area contributed by atoms with E-state index in [0.717, 1.165) is 12.0 Å². The van der Waals surface area contributed by atoms with Crippen LogP contribution in [0.5, 0.6) is 0 Å². The van der Waals surface area contributed by atoms with Crippen LogP contribution >= 0.6 is 0 Å². The molecule has 28 heavy (non-hydrogen) atoms. The van der Waals surface area contributed by atoms with E-state index >= 15 is 0 Å². The maximum Gasteiger partial charge on any atom is 0.254 e. The van der Waals surface area contributed by atoms with Gasteiger partial charge in [-0.3, -0.25) is 19.6 Å². The van der Waals surface area contributed by atoms with E-state index in [0.29, 0.717) is 30.6 Å². The van der Waals surface area contributed by atoms with Crippen LogP contribution < -0.4 is 15.7 Å². The minimum atomic E-state index is -0.749. The molecule has 7 nitrogen and oxygen atoms in total. The highest BCUT2D eigenvalue weighted by atomic mass is 16.5. The quantitative estimate of drug-likeness (QED) is 0.390. The number of unbranched alkanes of at least 4 members (excludes halogenated alkanes) is 2. The molecular formula is C21H23N3O4. The molecule has 2 aromatic carbocycles. The molecule has 3 N–H and O–H groups in total. The van der Waals surface area contributed by atoms with Crippen molar-refractivity contribution in [3.63, 3.8) is 0 Å². The number of carbonyl (C=O) groups excluding carboxylic acids is 3. The summed E-state index contributed by atoms with van der Waals surface area (Å²) in [6, 6.07) is 15.5. The van der Waals surface area contributed by atoms with E-state index in [9.17, 15) is 14.4 Å². The monoisotopic (exact) mass is 381 g/mol. The third-order valence-corrected chi connectivity index (χ3v) is 4.77. The Hall–Kier alpha value is -3.19. The van der Waals surface area contributed by atoms with Gasteiger partial charge in [-0.1, -0.05) is 48.9 Å². The Labute approximate surface area is 163 Å². The maximum absolute atomic E-state index is 13.3. The fourth-order valence-electron chi connectivity index (χ4n) is 3.34. The molecule has 0 aromatic heterocycles. The van der Waals surface area contributed by atoms with E-state index in [1.807, 2.05) is 30.3 Å². The lowest BCUT2D eigenvalue weighted by molar-refractivity contribution is -0.129. The van der Waals surface area contributed by atoms with Crippen LogP contribution in [0.3, 0.4) is 0 Å². The summed E-state index contributed by atoms with van der Waals surface area (Å²) in [5.41, 5.74) is 3.41. The number of hydroxylamine groups is 1. The zero-order valence-electron chi connectivity index (χ0n) is 15.4. The Kier molecular flexibility index (Phi) is 6.39. The lowest BCUT2D eigenvalue weighted by Gasteiger charge is -2.25. The first-order valence-electron chi connectivity index (χ1n) is 9.31. The minimum absolute atomic E-state index is 0.183. The molecule has 7 heteroatoms. The van der Waals surface area contributed by atoms with E-state index in [2.05, 4.69) is 5.32 Å². The molecule has 0 unspecified atom stereocenters. The molecule has 0 saturated heterocycles. The maximum atomic E-state index is 13.3. The summed E-state index contributed by atoms with van der Waals surface area (Å²) in [6.07, 6.45) is 2.23. The van der Waals surface area contributed by atoms with Gasteiger partial charge in [0.2, 0.25) is 5.91 Å². The van der Waals surface area contributed by atoms with Crippen LogP contribution in [0, 0.1) is 0 Å². The molecule has 0 bridgehead atoms. The molecule has 1 heterocycles. The lowest BCUT2D eigenvalue weighted by Crippen LogP contribution is -2.40. The first-order chi connectivity index (χ1) is 13.6. The SMILES string of the molecule is O=C(CCCCCN1C(=O)[C@H](c2ccccc2)NC(=O)c2ccccc21)NO. The van der Waals surface area contributed by atoms with Gasteiger partial charge in [0.15, 0.2) is 0 Å². The fourth-order valence-corrected chi connectivity index (χ4v) is 3.34. The molecule has 0 saturated carbocycles. The largest absolute Gasteiger partial charge is 0.336 e. The standard InChI is InChI=1S/C21H23N3O4/c25-18(23-28)13-5-2-8-14-24-17-12-7-6-11-16(17)20(26)22-19(21(24)27)15-9-3-1-4-10-15/h1,3-4,6-7,9-12,19,28H,2,5,8,13-14H2,(H,22,26)(H,23,25)/t19-/m0/s1. The van der Waals surface area contributed by atoms with E-state index < -0.39 is 11.9 Å². The zero-order chi connectivity index (χ0) is 19.9. The van der Waals surface area contributed by atoms with Gasteiger partial charge in [-0.05, 0) is 30.5 Å². The van der Waals surface area contributed by atoms with Crippen molar-refractivity contribution in [1.82, 2.24) is 10.8 Å². The lowest BCUT2D eigenvalue weighted by atomic mass is 10.1. The molecule has 0 aliphatic carbocycles. The topological polar surface area (TPSA) is 98.7 Å². The number of rotatable bonds is 7. The predicted molar refractivity (Wildman–Crippen MR) is 104 cm³/mol. The first kappa shape index (κ1) is 19.6. The van der Waals surface area contributed by atoms with Crippen LogP contribution in [0.4, 0.5) is 5.69 Å². The van der Waals surface area contributed by atoms with Crippen molar-refractivity contribution in [2.24, 2.45) is 0 Å². The van der Waals surface area contributed by atoms with Crippen LogP contribution in [0.25, 0.3) is 0 Å². The molecule has 2 aromatic rings. The second-order valence-electron chi connectivity index (χ2n) is 6.67. The van der Waals surface area contributed by atoms with Gasteiger partial charge in [0.1, 0.15) is 6.04 Å². The van der Waals surface area contributed by atoms with Crippen molar-refractivity contribution < 1.29 is 19.6 Å². The number of nitrogens with one attached hydrogen (secondary N) is 2. The van der Waals surface area contributed by atoms with Gasteiger partial charge < -0.3 is 10.2 Å². The number of nitrogens with zero attached hydrogens (tertiary/aromatic N) is 1. The van der Waals surface area contributed by atoms with Gasteiger partial charge in [0.25, 0.3) is 11.8 Å². The summed E-state index contributed by atoms with van der Waals surface area (Å²) in [5, 5.41) is 11.4. The van der Waals surface area contributed by atoms with Crippen molar-refractivity contribution in [2.75, 3.05) is 11.4 Å². The summed E-state index contributed by atoms with van der Waals surface area (Å²) in [4.78, 5) is 38.7. The molecule has 1 aliphatic heterocycles. The van der Waals surface area contributed by atoms with Crippen LogP contribution in [0.2, 0.25) is 0 Å². The molecule has 0 spiro atoms. The first-order valence-corrected chi connectivity index (χ1v) is 9.31. The Morgan fingerprint density at radius 1 is 1.00 bits per heavy atom. The second-order valence-corrected chi connectivity index (χ2v) is 6.67. The summed E-state index contributed by atoms with van der Waals surface area (Å²) < 4.78 is 0. The average Bonchev–Trinajstić information content (AvgIpc) is 2.84. The van der Waals surface area contributed by atoms with Crippen molar-refractivity contribution in [3.8, 4) is 0 Å². The third kappa shape index (κ3) is 4.37. The molecule has 1 aliphatic rings. The van der Waals surface area contributed by atoms with Gasteiger partial charge in [-0.2, -0.15) is 0 Å². The van der Waals surface area contributed by atoms with Crippen LogP contribution in [-0.2, 0) is 9.59 Å². The summed E-state index contributed by atoms with van der Waals surface area (Å²) >= 11 is 0. The number of carbonyl (C=O) groups is 3. The number of para-hydroxylation sites is 1. The second kappa shape index (κ2) is 9.14. The van der Waals surface area contributed by atoms with Crippen LogP contribution in [0.15, 0.2) is 54.6 Å². The molecule has 146 valence electrons. The van der Waals surface area contributed by atoms with E-state index in [1.165, 1.54) is 0 Å². The van der Waals surface area contributed by atoms with Crippen LogP contribution in [-0.4, -0.2) is 29.5 Å². The molecular weight excluding hydrogens is 358 g/mol. The number of hydrogen-bond acceptors (Lipinski definition) is 4. The van der Waals surface area contributed by atoms with Crippen molar-refractivity contribution >= 4 is 23.4 Å². The molecule has 3 amide bonds. The minimum Gasteiger partial charge on any atom is -0.336 e. The Bertz CT molecular complexity index is 854. The molecule has 0 radical (unpaired) electrons. The Balaban J connectivity index is 1.80. The number of amides is 3. The molecule has 1 atom stereocenters. The molecule has 3 rings (SSSR count). The normalized spacial score (nSPS) is 16.2. The van der Waals surface area contributed by atoms with Gasteiger partial charge in [0, 0.05) is 13.0 Å². The van der Waals surface area contributed by atoms with Crippen LogP contribution in [0.1, 0.15) is 47.6 Å². The van der Waals surface area contributed by atoms with E-state index in [4.69, 9.17) is 5.21 Å². The van der Waals surface area contributed by atoms with Crippen molar-refractivity contribution in [3.05, 3.63) is 65.7 Å². The summed E-state index contributed by atoms with van der Waals surface area (Å²) in [7, 11) is 0. The third-order valence-electron chi connectivity index (χ3n) is 4.77. The van der Waals surface area contributed by atoms with E-state index in [-0.39, 0.29) is 18.2 Å². The zero-order valence-corrected chi connectivity index (χ0v) is 15.4. The highest BCUT2D eigenvalue weighted by molar-refractivity contribution is 6.11. The van der Waals surface area contributed by atoms with Gasteiger partial charge in [-0.15, -0.1) is 0 Å². The molecule has 0 fully saturated rings. The van der Waals surface area contributed by atoms with Gasteiger partial charge >= 0.3 is 0 Å². The van der Waals surface area contributed by atoms with Gasteiger partial charge in [-0.25, -0.2) is 5.48 Å². The van der Waals surface area contributed by atoms with Gasteiger partial charge in [0.05, 0.1) is 11.3 Å².